The fourth-order valence-corrected chi connectivity index (χ4v) is 2.10. The van der Waals surface area contributed by atoms with Gasteiger partial charge in [-0.2, -0.15) is 0 Å². The number of rotatable bonds is 9. The van der Waals surface area contributed by atoms with Crippen LogP contribution >= 0.6 is 0 Å². The molecule has 1 aromatic carbocycles. The highest BCUT2D eigenvalue weighted by Gasteiger charge is 2.23. The lowest BCUT2D eigenvalue weighted by Gasteiger charge is -2.21. The van der Waals surface area contributed by atoms with E-state index in [4.69, 9.17) is 0 Å². The van der Waals surface area contributed by atoms with Crippen LogP contribution in [0.25, 0.3) is 0 Å². The highest BCUT2D eigenvalue weighted by Crippen LogP contribution is 2.04. The third-order valence-electron chi connectivity index (χ3n) is 3.32. The number of benzene rings is 1. The van der Waals surface area contributed by atoms with Crippen LogP contribution < -0.4 is 16.0 Å². The molecule has 0 fully saturated rings. The van der Waals surface area contributed by atoms with E-state index in [1.807, 2.05) is 51.1 Å². The van der Waals surface area contributed by atoms with Crippen molar-refractivity contribution in [3.05, 3.63) is 35.9 Å². The molecule has 0 aliphatic carbocycles. The number of amides is 2. The molecular weight excluding hydrogens is 278 g/mol. The van der Waals surface area contributed by atoms with E-state index in [0.717, 1.165) is 18.7 Å². The first-order chi connectivity index (χ1) is 10.5. The van der Waals surface area contributed by atoms with Gasteiger partial charge in [-0.1, -0.05) is 51.1 Å². The van der Waals surface area contributed by atoms with Crippen LogP contribution in [0.3, 0.4) is 0 Å². The van der Waals surface area contributed by atoms with Crippen LogP contribution in [0, 0.1) is 5.92 Å². The highest BCUT2D eigenvalue weighted by molar-refractivity contribution is 5.88. The second-order valence-electron chi connectivity index (χ2n) is 5.60. The number of hydrogen-bond acceptors (Lipinski definition) is 3. The van der Waals surface area contributed by atoms with E-state index in [1.54, 1.807) is 0 Å². The van der Waals surface area contributed by atoms with E-state index in [9.17, 15) is 9.59 Å². The molecule has 5 heteroatoms. The van der Waals surface area contributed by atoms with Gasteiger partial charge < -0.3 is 16.0 Å². The monoisotopic (exact) mass is 305 g/mol. The molecule has 0 bridgehead atoms. The van der Waals surface area contributed by atoms with Gasteiger partial charge in [-0.05, 0) is 18.0 Å². The van der Waals surface area contributed by atoms with Crippen molar-refractivity contribution < 1.29 is 9.59 Å². The highest BCUT2D eigenvalue weighted by atomic mass is 16.2. The fraction of sp³-hybridized carbons (Fsp3) is 0.529. The Kier molecular flexibility index (Phi) is 8.22. The van der Waals surface area contributed by atoms with Crippen LogP contribution in [-0.4, -0.2) is 37.5 Å². The Bertz CT molecular complexity index is 460. The maximum atomic E-state index is 12.2. The Morgan fingerprint density at radius 1 is 1.09 bits per heavy atom. The molecule has 0 aromatic heterocycles. The summed E-state index contributed by atoms with van der Waals surface area (Å²) in [5.74, 6) is -0.222. The minimum absolute atomic E-state index is 0.0406. The summed E-state index contributed by atoms with van der Waals surface area (Å²) in [6.07, 6.45) is 0.286. The third kappa shape index (κ3) is 6.72. The summed E-state index contributed by atoms with van der Waals surface area (Å²) in [4.78, 5) is 24.3. The first-order valence-corrected chi connectivity index (χ1v) is 7.86. The maximum absolute atomic E-state index is 12.2. The molecular formula is C17H27N3O2. The average Bonchev–Trinajstić information content (AvgIpc) is 2.49. The smallest absolute Gasteiger partial charge is 0.242 e. The summed E-state index contributed by atoms with van der Waals surface area (Å²) in [6, 6.07) is 9.01. The zero-order valence-corrected chi connectivity index (χ0v) is 13.7. The Morgan fingerprint density at radius 3 is 2.36 bits per heavy atom. The molecule has 0 radical (unpaired) electrons. The van der Waals surface area contributed by atoms with Crippen molar-refractivity contribution >= 4 is 11.8 Å². The van der Waals surface area contributed by atoms with Gasteiger partial charge in [-0.3, -0.25) is 9.59 Å². The molecule has 2 amide bonds. The molecule has 0 saturated carbocycles. The van der Waals surface area contributed by atoms with Gasteiger partial charge in [-0.15, -0.1) is 0 Å². The molecule has 1 atom stereocenters. The second-order valence-corrected chi connectivity index (χ2v) is 5.60. The summed E-state index contributed by atoms with van der Waals surface area (Å²) < 4.78 is 0. The fourth-order valence-electron chi connectivity index (χ4n) is 2.10. The van der Waals surface area contributed by atoms with E-state index >= 15 is 0 Å². The lowest BCUT2D eigenvalue weighted by atomic mass is 10.0. The van der Waals surface area contributed by atoms with Crippen molar-refractivity contribution in [3.8, 4) is 0 Å². The van der Waals surface area contributed by atoms with E-state index in [0.29, 0.717) is 6.54 Å². The van der Waals surface area contributed by atoms with E-state index in [-0.39, 0.29) is 24.2 Å². The normalized spacial score (nSPS) is 12.0. The lowest BCUT2D eigenvalue weighted by molar-refractivity contribution is -0.129. The summed E-state index contributed by atoms with van der Waals surface area (Å²) >= 11 is 0. The number of carbonyl (C=O) groups excluding carboxylic acids is 2. The number of carbonyl (C=O) groups is 2. The van der Waals surface area contributed by atoms with Crippen molar-refractivity contribution in [2.75, 3.05) is 19.6 Å². The zero-order chi connectivity index (χ0) is 16.4. The Hall–Kier alpha value is -1.88. The van der Waals surface area contributed by atoms with Crippen LogP contribution in [0.15, 0.2) is 30.3 Å². The Morgan fingerprint density at radius 2 is 1.77 bits per heavy atom. The molecule has 0 spiro atoms. The van der Waals surface area contributed by atoms with Crippen LogP contribution in [0.2, 0.25) is 0 Å². The topological polar surface area (TPSA) is 70.2 Å². The van der Waals surface area contributed by atoms with Gasteiger partial charge in [0.15, 0.2) is 0 Å². The molecule has 0 heterocycles. The predicted molar refractivity (Wildman–Crippen MR) is 88.5 cm³/mol. The summed E-state index contributed by atoms with van der Waals surface area (Å²) in [7, 11) is 0. The largest absolute Gasteiger partial charge is 0.353 e. The van der Waals surface area contributed by atoms with Gasteiger partial charge in [0.05, 0.1) is 6.42 Å². The van der Waals surface area contributed by atoms with Gasteiger partial charge in [0.25, 0.3) is 0 Å². The molecule has 22 heavy (non-hydrogen) atoms. The average molecular weight is 305 g/mol. The molecule has 0 saturated heterocycles. The summed E-state index contributed by atoms with van der Waals surface area (Å²) in [5.41, 5.74) is 0.940. The maximum Gasteiger partial charge on any atom is 0.242 e. The van der Waals surface area contributed by atoms with Crippen molar-refractivity contribution in [2.24, 2.45) is 5.92 Å². The van der Waals surface area contributed by atoms with Crippen molar-refractivity contribution in [1.82, 2.24) is 16.0 Å². The van der Waals surface area contributed by atoms with Crippen molar-refractivity contribution in [3.63, 3.8) is 0 Å². The van der Waals surface area contributed by atoms with Crippen LogP contribution in [0.4, 0.5) is 0 Å². The zero-order valence-electron chi connectivity index (χ0n) is 13.7. The molecule has 1 unspecified atom stereocenters. The Labute approximate surface area is 132 Å². The predicted octanol–water partition coefficient (Wildman–Crippen LogP) is 1.10. The molecule has 1 rings (SSSR count). The van der Waals surface area contributed by atoms with Gasteiger partial charge in [-0.25, -0.2) is 0 Å². The van der Waals surface area contributed by atoms with Gasteiger partial charge in [0, 0.05) is 13.1 Å². The van der Waals surface area contributed by atoms with Crippen LogP contribution in [0.5, 0.6) is 0 Å². The number of nitrogens with one attached hydrogen (secondary N) is 3. The Balaban J connectivity index is 2.49. The summed E-state index contributed by atoms with van der Waals surface area (Å²) in [6.45, 7) is 8.03. The molecule has 0 aliphatic rings. The molecule has 1 aromatic rings. The minimum atomic E-state index is -0.502. The summed E-state index contributed by atoms with van der Waals surface area (Å²) in [5, 5.41) is 8.83. The molecule has 0 aliphatic heterocycles. The van der Waals surface area contributed by atoms with Crippen LogP contribution in [0.1, 0.15) is 26.3 Å². The van der Waals surface area contributed by atoms with Crippen molar-refractivity contribution in [2.45, 2.75) is 33.2 Å². The quantitative estimate of drug-likeness (QED) is 0.598. The third-order valence-corrected chi connectivity index (χ3v) is 3.32. The standard InChI is InChI=1S/C17H27N3O2/c1-4-18-10-11-19-17(22)16(13(2)3)20-15(21)12-14-8-6-5-7-9-14/h5-9,13,16,18H,4,10-12H2,1-3H3,(H,19,22)(H,20,21). The van der Waals surface area contributed by atoms with E-state index in [1.165, 1.54) is 0 Å². The van der Waals surface area contributed by atoms with Crippen molar-refractivity contribution in [1.29, 1.82) is 0 Å². The van der Waals surface area contributed by atoms with Gasteiger partial charge >= 0.3 is 0 Å². The minimum Gasteiger partial charge on any atom is -0.353 e. The van der Waals surface area contributed by atoms with E-state index < -0.39 is 6.04 Å². The van der Waals surface area contributed by atoms with Gasteiger partial charge in [0.1, 0.15) is 6.04 Å². The molecule has 3 N–H and O–H groups in total. The van der Waals surface area contributed by atoms with E-state index in [2.05, 4.69) is 16.0 Å². The number of likely N-dealkylation sites (N-methyl/N-ethyl adjacent to an activating group) is 1. The van der Waals surface area contributed by atoms with Crippen LogP contribution in [-0.2, 0) is 16.0 Å². The second kappa shape index (κ2) is 9.95. The lowest BCUT2D eigenvalue weighted by Crippen LogP contribution is -2.51. The first kappa shape index (κ1) is 18.2. The SMILES string of the molecule is CCNCCNC(=O)C(NC(=O)Cc1ccccc1)C(C)C. The first-order valence-electron chi connectivity index (χ1n) is 7.86. The molecule has 5 nitrogen and oxygen atoms in total. The molecule has 122 valence electrons. The van der Waals surface area contributed by atoms with Gasteiger partial charge in [0.2, 0.25) is 11.8 Å². The number of hydrogen-bond donors (Lipinski definition) is 3.